The molecule has 0 bridgehead atoms. The average Bonchev–Trinajstić information content (AvgIpc) is 3.00. The number of rotatable bonds is 4. The van der Waals surface area contributed by atoms with Crippen LogP contribution in [0.4, 0.5) is 5.69 Å². The molecular weight excluding hydrogens is 300 g/mol. The van der Waals surface area contributed by atoms with Crippen LogP contribution in [0.2, 0.25) is 0 Å². The zero-order chi connectivity index (χ0) is 16.8. The highest BCUT2D eigenvalue weighted by atomic mass is 16.4. The summed E-state index contributed by atoms with van der Waals surface area (Å²) in [7, 11) is 0. The highest BCUT2D eigenvalue weighted by Crippen LogP contribution is 2.15. The van der Waals surface area contributed by atoms with Gasteiger partial charge in [0.1, 0.15) is 12.3 Å². The van der Waals surface area contributed by atoms with Crippen molar-refractivity contribution in [3.05, 3.63) is 47.7 Å². The van der Waals surface area contributed by atoms with Crippen molar-refractivity contribution in [1.82, 2.24) is 9.88 Å². The van der Waals surface area contributed by atoms with Gasteiger partial charge in [0.25, 0.3) is 0 Å². The molecule has 0 amide bonds. The van der Waals surface area contributed by atoms with Crippen LogP contribution >= 0.6 is 0 Å². The van der Waals surface area contributed by atoms with Gasteiger partial charge >= 0.3 is 0 Å². The molecular formula is C19H26N4O. The molecule has 1 aliphatic heterocycles. The Morgan fingerprint density at radius 3 is 2.62 bits per heavy atom. The Morgan fingerprint density at radius 1 is 1.21 bits per heavy atom. The number of nitrogens with one attached hydrogen (secondary N) is 1. The Kier molecular flexibility index (Phi) is 5.51. The maximum atomic E-state index is 5.79. The lowest BCUT2D eigenvalue weighted by molar-refractivity contribution is 0.340. The summed E-state index contributed by atoms with van der Waals surface area (Å²) in [4.78, 5) is 11.6. The summed E-state index contributed by atoms with van der Waals surface area (Å²) in [6.07, 6.45) is 4.55. The highest BCUT2D eigenvalue weighted by Gasteiger charge is 2.16. The number of hydrogen-bond donors (Lipinski definition) is 1. The first-order chi connectivity index (χ1) is 11.8. The monoisotopic (exact) mass is 326 g/mol. The van der Waals surface area contributed by atoms with Crippen molar-refractivity contribution >= 4 is 11.6 Å². The molecule has 1 aromatic carbocycles. The van der Waals surface area contributed by atoms with Gasteiger partial charge in [-0.3, -0.25) is 0 Å². The third kappa shape index (κ3) is 4.16. The number of benzene rings is 1. The van der Waals surface area contributed by atoms with Crippen molar-refractivity contribution in [1.29, 1.82) is 0 Å². The summed E-state index contributed by atoms with van der Waals surface area (Å²) in [5.74, 6) is 2.57. The minimum atomic E-state index is 0.518. The Hall–Kier alpha value is -2.30. The predicted octanol–water partition coefficient (Wildman–Crippen LogP) is 4.00. The zero-order valence-corrected chi connectivity index (χ0v) is 14.6. The van der Waals surface area contributed by atoms with Gasteiger partial charge in [0.05, 0.1) is 5.69 Å². The van der Waals surface area contributed by atoms with Gasteiger partial charge in [0.2, 0.25) is 0 Å². The SMILES string of the molecule is CCc1nc(C)c(CN=C(Nc2ccccc2)N2CCCCC2)o1. The zero-order valence-electron chi connectivity index (χ0n) is 14.6. The molecule has 3 rings (SSSR count). The molecule has 0 saturated carbocycles. The summed E-state index contributed by atoms with van der Waals surface area (Å²) in [5.41, 5.74) is 2.00. The van der Waals surface area contributed by atoms with Crippen molar-refractivity contribution in [2.75, 3.05) is 18.4 Å². The van der Waals surface area contributed by atoms with Crippen LogP contribution in [-0.4, -0.2) is 28.9 Å². The molecule has 0 unspecified atom stereocenters. The summed E-state index contributed by atoms with van der Waals surface area (Å²) in [6.45, 7) is 6.65. The largest absolute Gasteiger partial charge is 0.443 e. The van der Waals surface area contributed by atoms with Crippen LogP contribution in [0.5, 0.6) is 0 Å². The normalized spacial score (nSPS) is 15.6. The van der Waals surface area contributed by atoms with E-state index in [0.717, 1.165) is 48.5 Å². The van der Waals surface area contributed by atoms with Crippen LogP contribution in [0.1, 0.15) is 43.5 Å². The van der Waals surface area contributed by atoms with Gasteiger partial charge in [0.15, 0.2) is 11.9 Å². The number of aliphatic imine (C=N–C) groups is 1. The molecule has 1 aromatic heterocycles. The smallest absolute Gasteiger partial charge is 0.198 e. The maximum absolute atomic E-state index is 5.79. The molecule has 5 heteroatoms. The summed E-state index contributed by atoms with van der Waals surface area (Å²) in [5, 5.41) is 3.47. The quantitative estimate of drug-likeness (QED) is 0.681. The minimum absolute atomic E-state index is 0.518. The van der Waals surface area contributed by atoms with Gasteiger partial charge < -0.3 is 14.6 Å². The number of aromatic nitrogens is 1. The van der Waals surface area contributed by atoms with Gasteiger partial charge in [-0.2, -0.15) is 0 Å². The molecule has 1 fully saturated rings. The molecule has 0 spiro atoms. The van der Waals surface area contributed by atoms with Gasteiger partial charge in [-0.25, -0.2) is 9.98 Å². The molecule has 1 saturated heterocycles. The van der Waals surface area contributed by atoms with E-state index in [1.54, 1.807) is 0 Å². The summed E-state index contributed by atoms with van der Waals surface area (Å²) in [6, 6.07) is 10.2. The number of nitrogens with zero attached hydrogens (tertiary/aromatic N) is 3. The molecule has 0 atom stereocenters. The van der Waals surface area contributed by atoms with Crippen molar-refractivity contribution < 1.29 is 4.42 Å². The number of aryl methyl sites for hydroxylation is 2. The van der Waals surface area contributed by atoms with E-state index in [2.05, 4.69) is 34.3 Å². The van der Waals surface area contributed by atoms with Gasteiger partial charge in [0, 0.05) is 25.2 Å². The van der Waals surface area contributed by atoms with Crippen LogP contribution in [0.15, 0.2) is 39.7 Å². The predicted molar refractivity (Wildman–Crippen MR) is 97.2 cm³/mol. The average molecular weight is 326 g/mol. The van der Waals surface area contributed by atoms with E-state index >= 15 is 0 Å². The first kappa shape index (κ1) is 16.6. The number of hydrogen-bond acceptors (Lipinski definition) is 3. The Bertz CT molecular complexity index is 672. The lowest BCUT2D eigenvalue weighted by Gasteiger charge is -2.30. The van der Waals surface area contributed by atoms with E-state index < -0.39 is 0 Å². The van der Waals surface area contributed by atoms with Crippen molar-refractivity contribution in [2.24, 2.45) is 4.99 Å². The van der Waals surface area contributed by atoms with Crippen molar-refractivity contribution in [2.45, 2.75) is 46.1 Å². The molecule has 5 nitrogen and oxygen atoms in total. The Morgan fingerprint density at radius 2 is 1.96 bits per heavy atom. The van der Waals surface area contributed by atoms with E-state index in [1.807, 2.05) is 25.1 Å². The lowest BCUT2D eigenvalue weighted by Crippen LogP contribution is -2.40. The van der Waals surface area contributed by atoms with Crippen LogP contribution in [-0.2, 0) is 13.0 Å². The molecule has 1 aliphatic rings. The molecule has 1 N–H and O–H groups in total. The molecule has 0 radical (unpaired) electrons. The molecule has 0 aliphatic carbocycles. The standard InChI is InChI=1S/C19H26N4O/c1-3-18-21-15(2)17(24-18)14-20-19(23-12-8-5-9-13-23)22-16-10-6-4-7-11-16/h4,6-7,10-11H,3,5,8-9,12-14H2,1-2H3,(H,20,22). The fourth-order valence-corrected chi connectivity index (χ4v) is 2.91. The van der Waals surface area contributed by atoms with E-state index in [-0.39, 0.29) is 0 Å². The summed E-state index contributed by atoms with van der Waals surface area (Å²) < 4.78 is 5.79. The van der Waals surface area contributed by atoms with Crippen LogP contribution in [0.25, 0.3) is 0 Å². The van der Waals surface area contributed by atoms with Crippen LogP contribution < -0.4 is 5.32 Å². The first-order valence-electron chi connectivity index (χ1n) is 8.83. The highest BCUT2D eigenvalue weighted by molar-refractivity contribution is 5.93. The van der Waals surface area contributed by atoms with E-state index in [4.69, 9.17) is 9.41 Å². The fourth-order valence-electron chi connectivity index (χ4n) is 2.91. The summed E-state index contributed by atoms with van der Waals surface area (Å²) >= 11 is 0. The Balaban J connectivity index is 1.78. The lowest BCUT2D eigenvalue weighted by atomic mass is 10.1. The van der Waals surface area contributed by atoms with Gasteiger partial charge in [-0.05, 0) is 38.3 Å². The first-order valence-corrected chi connectivity index (χ1v) is 8.83. The minimum Gasteiger partial charge on any atom is -0.443 e. The van der Waals surface area contributed by atoms with Crippen molar-refractivity contribution in [3.63, 3.8) is 0 Å². The number of piperidine rings is 1. The van der Waals surface area contributed by atoms with Crippen LogP contribution in [0, 0.1) is 6.92 Å². The second-order valence-electron chi connectivity index (χ2n) is 6.15. The number of likely N-dealkylation sites (tertiary alicyclic amines) is 1. The maximum Gasteiger partial charge on any atom is 0.198 e. The number of oxazole rings is 1. The van der Waals surface area contributed by atoms with Crippen LogP contribution in [0.3, 0.4) is 0 Å². The second-order valence-corrected chi connectivity index (χ2v) is 6.15. The van der Waals surface area contributed by atoms with Gasteiger partial charge in [-0.15, -0.1) is 0 Å². The molecule has 2 heterocycles. The fraction of sp³-hybridized carbons (Fsp3) is 0.474. The van der Waals surface area contributed by atoms with Crippen molar-refractivity contribution in [3.8, 4) is 0 Å². The van der Waals surface area contributed by atoms with E-state index in [1.165, 1.54) is 19.3 Å². The number of anilines is 1. The third-order valence-electron chi connectivity index (χ3n) is 4.30. The molecule has 128 valence electrons. The molecule has 24 heavy (non-hydrogen) atoms. The van der Waals surface area contributed by atoms with Gasteiger partial charge in [-0.1, -0.05) is 25.1 Å². The number of para-hydroxylation sites is 1. The topological polar surface area (TPSA) is 53.7 Å². The van der Waals surface area contributed by atoms with E-state index in [9.17, 15) is 0 Å². The second kappa shape index (κ2) is 7.99. The Labute approximate surface area is 143 Å². The third-order valence-corrected chi connectivity index (χ3v) is 4.30. The molecule has 2 aromatic rings. The van der Waals surface area contributed by atoms with E-state index in [0.29, 0.717) is 6.54 Å². The number of guanidine groups is 1.